The van der Waals surface area contributed by atoms with E-state index in [1.54, 1.807) is 20.2 Å². The highest BCUT2D eigenvalue weighted by atomic mass is 16.5. The lowest BCUT2D eigenvalue weighted by Gasteiger charge is -2.06. The Morgan fingerprint density at radius 2 is 2.13 bits per heavy atom. The zero-order valence-corrected chi connectivity index (χ0v) is 9.65. The predicted octanol–water partition coefficient (Wildman–Crippen LogP) is 0.486. The van der Waals surface area contributed by atoms with Gasteiger partial charge in [0.25, 0.3) is 0 Å². The van der Waals surface area contributed by atoms with Gasteiger partial charge in [0, 0.05) is 18.8 Å². The molecule has 1 aromatic rings. The number of nitrogens with zero attached hydrogens (tertiary/aromatic N) is 2. The van der Waals surface area contributed by atoms with Gasteiger partial charge in [-0.25, -0.2) is 4.79 Å². The lowest BCUT2D eigenvalue weighted by atomic mass is 10.4. The summed E-state index contributed by atoms with van der Waals surface area (Å²) in [5.41, 5.74) is 0.411. The molecule has 0 bridgehead atoms. The van der Waals surface area contributed by atoms with Crippen molar-refractivity contribution in [2.45, 2.75) is 20.8 Å². The highest BCUT2D eigenvalue weighted by Crippen LogP contribution is 2.09. The third-order valence-electron chi connectivity index (χ3n) is 1.55. The number of aryl methyl sites for hydroxylation is 2. The lowest BCUT2D eigenvalue weighted by molar-refractivity contribution is 0.195. The van der Waals surface area contributed by atoms with E-state index in [1.165, 1.54) is 4.57 Å². The van der Waals surface area contributed by atoms with Gasteiger partial charge in [-0.2, -0.15) is 4.98 Å². The highest BCUT2D eigenvalue weighted by molar-refractivity contribution is 5.20. The molecule has 1 rings (SSSR count). The Bertz CT molecular complexity index is 347. The maximum absolute atomic E-state index is 11.1. The van der Waals surface area contributed by atoms with Crippen LogP contribution < -0.4 is 10.4 Å². The molecule has 0 saturated heterocycles. The molecular weight excluding hydrogens is 196 g/mol. The Hall–Kier alpha value is -1.36. The second-order valence-corrected chi connectivity index (χ2v) is 2.69. The molecule has 15 heavy (non-hydrogen) atoms. The van der Waals surface area contributed by atoms with Crippen molar-refractivity contribution in [3.8, 4) is 5.88 Å². The summed E-state index contributed by atoms with van der Waals surface area (Å²) in [5, 5.41) is 8.51. The molecule has 0 aromatic carbocycles. The summed E-state index contributed by atoms with van der Waals surface area (Å²) in [4.78, 5) is 14.7. The Morgan fingerprint density at radius 3 is 2.67 bits per heavy atom. The fraction of sp³-hybridized carbons (Fsp3) is 0.600. The fourth-order valence-corrected chi connectivity index (χ4v) is 0.943. The van der Waals surface area contributed by atoms with Gasteiger partial charge in [-0.15, -0.1) is 0 Å². The van der Waals surface area contributed by atoms with Crippen LogP contribution in [-0.4, -0.2) is 27.9 Å². The molecular formula is C10H18N2O3. The van der Waals surface area contributed by atoms with Crippen molar-refractivity contribution in [2.24, 2.45) is 7.05 Å². The number of aromatic nitrogens is 2. The van der Waals surface area contributed by atoms with Gasteiger partial charge in [0.2, 0.25) is 5.88 Å². The highest BCUT2D eigenvalue weighted by Gasteiger charge is 2.03. The van der Waals surface area contributed by atoms with Gasteiger partial charge in [-0.3, -0.25) is 0 Å². The molecule has 5 heteroatoms. The molecule has 0 unspecified atom stereocenters. The molecule has 0 aliphatic heterocycles. The van der Waals surface area contributed by atoms with E-state index in [0.29, 0.717) is 0 Å². The van der Waals surface area contributed by atoms with E-state index in [9.17, 15) is 4.79 Å². The van der Waals surface area contributed by atoms with Crippen LogP contribution in [0.2, 0.25) is 0 Å². The van der Waals surface area contributed by atoms with Gasteiger partial charge in [0.15, 0.2) is 0 Å². The minimum atomic E-state index is -0.362. The maximum Gasteiger partial charge on any atom is 0.350 e. The molecule has 0 spiro atoms. The molecule has 1 heterocycles. The zero-order chi connectivity index (χ0) is 11.8. The van der Waals surface area contributed by atoms with Crippen LogP contribution in [0.3, 0.4) is 0 Å². The predicted molar refractivity (Wildman–Crippen MR) is 58.1 cm³/mol. The van der Waals surface area contributed by atoms with Gasteiger partial charge in [-0.1, -0.05) is 13.8 Å². The maximum atomic E-state index is 11.1. The first kappa shape index (κ1) is 13.6. The van der Waals surface area contributed by atoms with E-state index >= 15 is 0 Å². The first-order valence-electron chi connectivity index (χ1n) is 4.93. The van der Waals surface area contributed by atoms with Crippen LogP contribution in [0, 0.1) is 6.92 Å². The second kappa shape index (κ2) is 7.00. The van der Waals surface area contributed by atoms with Crippen LogP contribution in [0.1, 0.15) is 19.4 Å². The van der Waals surface area contributed by atoms with Crippen molar-refractivity contribution < 1.29 is 9.84 Å². The van der Waals surface area contributed by atoms with Crippen LogP contribution >= 0.6 is 0 Å². The molecule has 0 aliphatic rings. The molecule has 0 amide bonds. The molecule has 1 aromatic heterocycles. The van der Waals surface area contributed by atoms with Gasteiger partial charge in [0.05, 0.1) is 6.61 Å². The van der Waals surface area contributed by atoms with Crippen LogP contribution in [0.4, 0.5) is 0 Å². The number of ether oxygens (including phenoxy) is 1. The first-order chi connectivity index (χ1) is 7.15. The van der Waals surface area contributed by atoms with E-state index in [4.69, 9.17) is 9.84 Å². The second-order valence-electron chi connectivity index (χ2n) is 2.69. The van der Waals surface area contributed by atoms with Crippen molar-refractivity contribution in [1.82, 2.24) is 9.55 Å². The van der Waals surface area contributed by atoms with Crippen LogP contribution in [0.25, 0.3) is 0 Å². The minimum absolute atomic E-state index is 0.0870. The minimum Gasteiger partial charge on any atom is -0.475 e. The molecule has 0 atom stereocenters. The quantitative estimate of drug-likeness (QED) is 0.795. The Morgan fingerprint density at radius 1 is 1.53 bits per heavy atom. The average molecular weight is 214 g/mol. The zero-order valence-electron chi connectivity index (χ0n) is 9.65. The van der Waals surface area contributed by atoms with Gasteiger partial charge in [0.1, 0.15) is 6.61 Å². The third-order valence-corrected chi connectivity index (χ3v) is 1.55. The normalized spacial score (nSPS) is 9.13. The molecule has 86 valence electrons. The van der Waals surface area contributed by atoms with Crippen LogP contribution in [-0.2, 0) is 7.05 Å². The van der Waals surface area contributed by atoms with Crippen molar-refractivity contribution in [1.29, 1.82) is 0 Å². The topological polar surface area (TPSA) is 64.4 Å². The van der Waals surface area contributed by atoms with E-state index in [1.807, 2.05) is 13.8 Å². The lowest BCUT2D eigenvalue weighted by Crippen LogP contribution is -2.21. The van der Waals surface area contributed by atoms with E-state index < -0.39 is 0 Å². The van der Waals surface area contributed by atoms with Crippen molar-refractivity contribution in [2.75, 3.05) is 13.2 Å². The van der Waals surface area contributed by atoms with Crippen LogP contribution in [0.5, 0.6) is 5.88 Å². The summed E-state index contributed by atoms with van der Waals surface area (Å²) < 4.78 is 6.42. The Labute approximate surface area is 89.3 Å². The Balaban J connectivity index is 0.000000921. The van der Waals surface area contributed by atoms with Gasteiger partial charge in [-0.05, 0) is 6.92 Å². The van der Waals surface area contributed by atoms with Crippen molar-refractivity contribution in [3.63, 3.8) is 0 Å². The largest absolute Gasteiger partial charge is 0.475 e. The smallest absolute Gasteiger partial charge is 0.350 e. The summed E-state index contributed by atoms with van der Waals surface area (Å²) in [6, 6.07) is 0. The summed E-state index contributed by atoms with van der Waals surface area (Å²) >= 11 is 0. The third kappa shape index (κ3) is 4.12. The summed E-state index contributed by atoms with van der Waals surface area (Å²) in [7, 11) is 1.62. The number of hydrogen-bond donors (Lipinski definition) is 1. The van der Waals surface area contributed by atoms with E-state index in [-0.39, 0.29) is 24.8 Å². The standard InChI is InChI=1S/C8H12N2O3.C2H6/c1-6-5-10(2)8(12)9-7(6)13-4-3-11;1-2/h5,11H,3-4H2,1-2H3;1-2H3. The molecule has 5 nitrogen and oxygen atoms in total. The number of rotatable bonds is 3. The Kier molecular flexibility index (Phi) is 6.37. The fourth-order valence-electron chi connectivity index (χ4n) is 0.943. The van der Waals surface area contributed by atoms with Crippen molar-refractivity contribution >= 4 is 0 Å². The molecule has 0 fully saturated rings. The molecule has 0 saturated carbocycles. The van der Waals surface area contributed by atoms with Crippen LogP contribution in [0.15, 0.2) is 11.0 Å². The van der Waals surface area contributed by atoms with E-state index in [2.05, 4.69) is 4.98 Å². The number of aliphatic hydroxyl groups is 1. The summed E-state index contributed by atoms with van der Waals surface area (Å²) in [6.45, 7) is 5.86. The van der Waals surface area contributed by atoms with Gasteiger partial charge >= 0.3 is 5.69 Å². The van der Waals surface area contributed by atoms with E-state index in [0.717, 1.165) is 5.56 Å². The summed E-state index contributed by atoms with van der Waals surface area (Å²) in [5.74, 6) is 0.289. The van der Waals surface area contributed by atoms with Gasteiger partial charge < -0.3 is 14.4 Å². The monoisotopic (exact) mass is 214 g/mol. The van der Waals surface area contributed by atoms with Crippen molar-refractivity contribution in [3.05, 3.63) is 22.2 Å². The average Bonchev–Trinajstić information content (AvgIpc) is 2.24. The summed E-state index contributed by atoms with van der Waals surface area (Å²) in [6.07, 6.45) is 1.64. The molecule has 0 aliphatic carbocycles. The number of aliphatic hydroxyl groups excluding tert-OH is 1. The molecule has 0 radical (unpaired) electrons. The first-order valence-corrected chi connectivity index (χ1v) is 4.93. The molecule has 1 N–H and O–H groups in total. The SMILES string of the molecule is CC.Cc1cn(C)c(=O)nc1OCCO. The number of hydrogen-bond acceptors (Lipinski definition) is 4.